The van der Waals surface area contributed by atoms with E-state index in [9.17, 15) is 0 Å². The van der Waals surface area contributed by atoms with Gasteiger partial charge in [0.2, 0.25) is 0 Å². The number of benzene rings is 1. The van der Waals surface area contributed by atoms with Crippen LogP contribution >= 0.6 is 0 Å². The van der Waals surface area contributed by atoms with Crippen molar-refractivity contribution in [2.75, 3.05) is 13.6 Å². The monoisotopic (exact) mass is 247 g/mol. The molecule has 0 saturated carbocycles. The van der Waals surface area contributed by atoms with E-state index in [0.29, 0.717) is 17.3 Å². The number of hydrogen-bond donors (Lipinski definition) is 1. The van der Waals surface area contributed by atoms with Gasteiger partial charge in [0, 0.05) is 6.54 Å². The first-order valence-corrected chi connectivity index (χ1v) is 7.12. The lowest BCUT2D eigenvalue weighted by molar-refractivity contribution is 0.212. The lowest BCUT2D eigenvalue weighted by atomic mass is 9.74. The number of hydrogen-bond acceptors (Lipinski definition) is 1. The molecule has 0 aliphatic heterocycles. The van der Waals surface area contributed by atoms with Crippen molar-refractivity contribution in [1.82, 2.24) is 5.32 Å². The van der Waals surface area contributed by atoms with E-state index in [4.69, 9.17) is 0 Å². The predicted octanol–water partition coefficient (Wildman–Crippen LogP) is 4.23. The Morgan fingerprint density at radius 1 is 1.06 bits per heavy atom. The van der Waals surface area contributed by atoms with Crippen molar-refractivity contribution in [2.24, 2.45) is 11.3 Å². The van der Waals surface area contributed by atoms with Crippen LogP contribution in [0.4, 0.5) is 0 Å². The zero-order valence-corrected chi connectivity index (χ0v) is 12.9. The molecule has 1 aromatic carbocycles. The molecule has 1 aromatic rings. The average molecular weight is 247 g/mol. The van der Waals surface area contributed by atoms with Crippen LogP contribution in [0.15, 0.2) is 24.3 Å². The largest absolute Gasteiger partial charge is 0.319 e. The summed E-state index contributed by atoms with van der Waals surface area (Å²) in [6, 6.07) is 9.15. The van der Waals surface area contributed by atoms with Crippen LogP contribution in [-0.2, 0) is 6.42 Å². The third-order valence-electron chi connectivity index (χ3n) is 4.23. The third-order valence-corrected chi connectivity index (χ3v) is 4.23. The summed E-state index contributed by atoms with van der Waals surface area (Å²) in [5, 5.41) is 3.34. The van der Waals surface area contributed by atoms with E-state index >= 15 is 0 Å². The molecule has 1 N–H and O–H groups in total. The Morgan fingerprint density at radius 3 is 2.00 bits per heavy atom. The molecule has 0 aliphatic rings. The van der Waals surface area contributed by atoms with Gasteiger partial charge in [-0.2, -0.15) is 0 Å². The molecule has 0 saturated heterocycles. The van der Waals surface area contributed by atoms with Crippen LogP contribution < -0.4 is 5.32 Å². The summed E-state index contributed by atoms with van der Waals surface area (Å²) in [6.07, 6.45) is 1.14. The zero-order chi connectivity index (χ0) is 13.8. The lowest BCUT2D eigenvalue weighted by Gasteiger charge is -2.34. The molecular weight excluding hydrogens is 218 g/mol. The van der Waals surface area contributed by atoms with E-state index in [0.717, 1.165) is 13.0 Å². The maximum Gasteiger partial charge on any atom is 0.000780 e. The Balaban J connectivity index is 2.81. The number of rotatable bonds is 6. The normalized spacial score (nSPS) is 15.1. The molecule has 1 rings (SSSR count). The molecule has 0 spiro atoms. The highest BCUT2D eigenvalue weighted by molar-refractivity contribution is 5.25. The Bertz CT molecular complexity index is 350. The fourth-order valence-electron chi connectivity index (χ4n) is 2.36. The van der Waals surface area contributed by atoms with E-state index < -0.39 is 0 Å². The lowest BCUT2D eigenvalue weighted by Crippen LogP contribution is -2.36. The molecule has 102 valence electrons. The summed E-state index contributed by atoms with van der Waals surface area (Å²) >= 11 is 0. The maximum absolute atomic E-state index is 3.34. The topological polar surface area (TPSA) is 12.0 Å². The Morgan fingerprint density at radius 2 is 1.61 bits per heavy atom. The molecule has 0 radical (unpaired) electrons. The van der Waals surface area contributed by atoms with Gasteiger partial charge in [-0.05, 0) is 41.8 Å². The van der Waals surface area contributed by atoms with Gasteiger partial charge >= 0.3 is 0 Å². The van der Waals surface area contributed by atoms with Crippen molar-refractivity contribution in [3.8, 4) is 0 Å². The summed E-state index contributed by atoms with van der Waals surface area (Å²) in [7, 11) is 2.04. The minimum atomic E-state index is 0.327. The molecule has 1 heteroatoms. The SMILES string of the molecule is CNCC(C)(Cc1ccc(C(C)C)cc1)C(C)C. The van der Waals surface area contributed by atoms with Crippen LogP contribution in [0.5, 0.6) is 0 Å². The van der Waals surface area contributed by atoms with Crippen LogP contribution in [0.2, 0.25) is 0 Å². The molecule has 1 nitrogen and oxygen atoms in total. The van der Waals surface area contributed by atoms with Crippen LogP contribution in [-0.4, -0.2) is 13.6 Å². The predicted molar refractivity (Wildman–Crippen MR) is 81.1 cm³/mol. The van der Waals surface area contributed by atoms with E-state index in [-0.39, 0.29) is 0 Å². The van der Waals surface area contributed by atoms with E-state index in [2.05, 4.69) is 64.2 Å². The van der Waals surface area contributed by atoms with Gasteiger partial charge < -0.3 is 5.32 Å². The van der Waals surface area contributed by atoms with Gasteiger partial charge in [0.15, 0.2) is 0 Å². The first kappa shape index (κ1) is 15.2. The van der Waals surface area contributed by atoms with Gasteiger partial charge in [0.25, 0.3) is 0 Å². The fourth-order valence-corrected chi connectivity index (χ4v) is 2.36. The third kappa shape index (κ3) is 3.84. The Kier molecular flexibility index (Phi) is 5.40. The van der Waals surface area contributed by atoms with Gasteiger partial charge in [-0.15, -0.1) is 0 Å². The second-order valence-electron chi connectivity index (χ2n) is 6.41. The van der Waals surface area contributed by atoms with Crippen LogP contribution in [0.3, 0.4) is 0 Å². The first-order chi connectivity index (χ1) is 8.39. The molecule has 0 fully saturated rings. The van der Waals surface area contributed by atoms with Gasteiger partial charge in [-0.1, -0.05) is 58.9 Å². The molecule has 1 atom stereocenters. The molecule has 1 unspecified atom stereocenters. The maximum atomic E-state index is 3.34. The summed E-state index contributed by atoms with van der Waals surface area (Å²) in [4.78, 5) is 0. The highest BCUT2D eigenvalue weighted by Gasteiger charge is 2.27. The van der Waals surface area contributed by atoms with Crippen LogP contribution in [0.1, 0.15) is 51.7 Å². The Hall–Kier alpha value is -0.820. The summed E-state index contributed by atoms with van der Waals surface area (Å²) in [5.41, 5.74) is 3.21. The highest BCUT2D eigenvalue weighted by Crippen LogP contribution is 2.31. The molecular formula is C17H29N. The molecule has 0 aromatic heterocycles. The van der Waals surface area contributed by atoms with E-state index in [1.807, 2.05) is 7.05 Å². The van der Waals surface area contributed by atoms with E-state index in [1.165, 1.54) is 11.1 Å². The fraction of sp³-hybridized carbons (Fsp3) is 0.647. The quantitative estimate of drug-likeness (QED) is 0.793. The van der Waals surface area contributed by atoms with Crippen LogP contribution in [0, 0.1) is 11.3 Å². The van der Waals surface area contributed by atoms with Crippen LogP contribution in [0.25, 0.3) is 0 Å². The van der Waals surface area contributed by atoms with Gasteiger partial charge in [0.1, 0.15) is 0 Å². The molecule has 0 heterocycles. The Labute approximate surface area is 113 Å². The van der Waals surface area contributed by atoms with Crippen molar-refractivity contribution in [2.45, 2.75) is 47.0 Å². The second-order valence-corrected chi connectivity index (χ2v) is 6.41. The summed E-state index contributed by atoms with van der Waals surface area (Å²) in [5.74, 6) is 1.29. The summed E-state index contributed by atoms with van der Waals surface area (Å²) in [6.45, 7) is 12.6. The molecule has 0 aliphatic carbocycles. The van der Waals surface area contributed by atoms with Crippen molar-refractivity contribution >= 4 is 0 Å². The standard InChI is InChI=1S/C17H29N/c1-13(2)16-9-7-15(8-10-16)11-17(5,12-18-6)14(3)4/h7-10,13-14,18H,11-12H2,1-6H3. The van der Waals surface area contributed by atoms with Gasteiger partial charge in [-0.3, -0.25) is 0 Å². The minimum Gasteiger partial charge on any atom is -0.319 e. The van der Waals surface area contributed by atoms with Crippen molar-refractivity contribution in [3.63, 3.8) is 0 Å². The zero-order valence-electron chi connectivity index (χ0n) is 12.9. The van der Waals surface area contributed by atoms with Gasteiger partial charge in [0.05, 0.1) is 0 Å². The first-order valence-electron chi connectivity index (χ1n) is 7.12. The van der Waals surface area contributed by atoms with Gasteiger partial charge in [-0.25, -0.2) is 0 Å². The van der Waals surface area contributed by atoms with E-state index in [1.54, 1.807) is 0 Å². The number of nitrogens with one attached hydrogen (secondary N) is 1. The van der Waals surface area contributed by atoms with Crippen molar-refractivity contribution < 1.29 is 0 Å². The molecule has 0 amide bonds. The highest BCUT2D eigenvalue weighted by atomic mass is 14.8. The summed E-state index contributed by atoms with van der Waals surface area (Å²) < 4.78 is 0. The minimum absolute atomic E-state index is 0.327. The van der Waals surface area contributed by atoms with Crippen molar-refractivity contribution in [3.05, 3.63) is 35.4 Å². The second kappa shape index (κ2) is 6.38. The smallest absolute Gasteiger partial charge is 0.000780 e. The molecule has 0 bridgehead atoms. The molecule has 18 heavy (non-hydrogen) atoms. The average Bonchev–Trinajstić information content (AvgIpc) is 2.29. The van der Waals surface area contributed by atoms with Crippen molar-refractivity contribution in [1.29, 1.82) is 0 Å².